The van der Waals surface area contributed by atoms with Crippen LogP contribution in [-0.2, 0) is 22.6 Å². The number of hydrogen-bond acceptors (Lipinski definition) is 4. The molecule has 2 aromatic carbocycles. The third kappa shape index (κ3) is 4.64. The van der Waals surface area contributed by atoms with Gasteiger partial charge in [-0.25, -0.2) is 4.68 Å². The molecule has 26 heavy (non-hydrogen) atoms. The van der Waals surface area contributed by atoms with Crippen LogP contribution in [0.3, 0.4) is 0 Å². The van der Waals surface area contributed by atoms with Crippen LogP contribution in [0.4, 0.5) is 0 Å². The van der Waals surface area contributed by atoms with Crippen molar-refractivity contribution in [1.29, 1.82) is 0 Å². The van der Waals surface area contributed by atoms with Crippen LogP contribution in [0.25, 0.3) is 5.69 Å². The van der Waals surface area contributed by atoms with E-state index in [-0.39, 0.29) is 19.0 Å². The molecule has 0 fully saturated rings. The molecule has 6 heteroatoms. The Bertz CT molecular complexity index is 878. The normalized spacial score (nSPS) is 10.5. The van der Waals surface area contributed by atoms with Crippen molar-refractivity contribution in [1.82, 2.24) is 9.78 Å². The quantitative estimate of drug-likeness (QED) is 0.584. The third-order valence-electron chi connectivity index (χ3n) is 3.91. The first-order valence-electron chi connectivity index (χ1n) is 8.23. The summed E-state index contributed by atoms with van der Waals surface area (Å²) in [5.74, 6) is 0.367. The number of aromatic nitrogens is 2. The minimum atomic E-state index is -0.278. The molecular weight excluding hydrogens is 352 g/mol. The van der Waals surface area contributed by atoms with E-state index in [9.17, 15) is 4.79 Å². The van der Waals surface area contributed by atoms with Crippen molar-refractivity contribution in [3.05, 3.63) is 77.1 Å². The molecule has 3 rings (SSSR count). The predicted molar refractivity (Wildman–Crippen MR) is 99.7 cm³/mol. The summed E-state index contributed by atoms with van der Waals surface area (Å²) in [6.45, 7) is 0.131. The molecule has 0 radical (unpaired) electrons. The van der Waals surface area contributed by atoms with Gasteiger partial charge in [-0.3, -0.25) is 4.79 Å². The molecule has 1 heterocycles. The van der Waals surface area contributed by atoms with Gasteiger partial charge in [-0.05, 0) is 42.3 Å². The topological polar surface area (TPSA) is 53.4 Å². The molecular formula is C20H19ClN2O3. The number of rotatable bonds is 7. The highest BCUT2D eigenvalue weighted by molar-refractivity contribution is 6.30. The monoisotopic (exact) mass is 370 g/mol. The Balaban J connectivity index is 1.52. The van der Waals surface area contributed by atoms with Crippen LogP contribution in [-0.4, -0.2) is 22.9 Å². The van der Waals surface area contributed by atoms with E-state index in [2.05, 4.69) is 5.10 Å². The first-order valence-corrected chi connectivity index (χ1v) is 8.60. The van der Waals surface area contributed by atoms with Gasteiger partial charge in [-0.2, -0.15) is 5.10 Å². The zero-order valence-electron chi connectivity index (χ0n) is 14.4. The number of ether oxygens (including phenoxy) is 2. The van der Waals surface area contributed by atoms with Crippen LogP contribution in [0.15, 0.2) is 60.9 Å². The van der Waals surface area contributed by atoms with Crippen molar-refractivity contribution in [2.24, 2.45) is 0 Å². The lowest BCUT2D eigenvalue weighted by Gasteiger charge is -2.09. The fourth-order valence-electron chi connectivity index (χ4n) is 2.55. The molecule has 134 valence electrons. The fraction of sp³-hybridized carbons (Fsp3) is 0.200. The molecule has 0 saturated carbocycles. The van der Waals surface area contributed by atoms with Crippen molar-refractivity contribution >= 4 is 17.6 Å². The van der Waals surface area contributed by atoms with E-state index >= 15 is 0 Å². The number of carbonyl (C=O) groups is 1. The summed E-state index contributed by atoms with van der Waals surface area (Å²) in [6.07, 6.45) is 4.53. The Morgan fingerprint density at radius 2 is 2.00 bits per heavy atom. The van der Waals surface area contributed by atoms with Crippen molar-refractivity contribution in [2.45, 2.75) is 19.4 Å². The lowest BCUT2D eigenvalue weighted by atomic mass is 10.2. The number of aryl methyl sites for hydroxylation is 1. The summed E-state index contributed by atoms with van der Waals surface area (Å²) < 4.78 is 12.4. The van der Waals surface area contributed by atoms with Gasteiger partial charge in [0.2, 0.25) is 0 Å². The van der Waals surface area contributed by atoms with Crippen molar-refractivity contribution in [2.75, 3.05) is 7.11 Å². The lowest BCUT2D eigenvalue weighted by molar-refractivity contribution is -0.144. The van der Waals surface area contributed by atoms with Crippen molar-refractivity contribution < 1.29 is 14.3 Å². The predicted octanol–water partition coefficient (Wildman–Crippen LogP) is 4.21. The molecule has 0 atom stereocenters. The number of nitrogens with zero attached hydrogens (tertiary/aromatic N) is 2. The fourth-order valence-corrected chi connectivity index (χ4v) is 2.74. The minimum Gasteiger partial charge on any atom is -0.496 e. The van der Waals surface area contributed by atoms with E-state index in [1.807, 2.05) is 36.5 Å². The molecule has 0 aliphatic rings. The van der Waals surface area contributed by atoms with E-state index in [0.29, 0.717) is 17.2 Å². The van der Waals surface area contributed by atoms with E-state index in [4.69, 9.17) is 21.1 Å². The molecule has 0 saturated heterocycles. The highest BCUT2D eigenvalue weighted by Gasteiger charge is 2.09. The summed E-state index contributed by atoms with van der Waals surface area (Å²) in [6, 6.07) is 15.0. The van der Waals surface area contributed by atoms with Crippen LogP contribution in [0.1, 0.15) is 17.5 Å². The van der Waals surface area contributed by atoms with Gasteiger partial charge in [0, 0.05) is 23.2 Å². The molecule has 5 nitrogen and oxygen atoms in total. The zero-order chi connectivity index (χ0) is 18.4. The van der Waals surface area contributed by atoms with Crippen LogP contribution in [0, 0.1) is 0 Å². The van der Waals surface area contributed by atoms with Gasteiger partial charge in [0.05, 0.1) is 19.0 Å². The number of esters is 1. The van der Waals surface area contributed by atoms with Gasteiger partial charge in [0.25, 0.3) is 0 Å². The van der Waals surface area contributed by atoms with E-state index in [0.717, 1.165) is 16.8 Å². The average molecular weight is 371 g/mol. The lowest BCUT2D eigenvalue weighted by Crippen LogP contribution is -2.06. The zero-order valence-corrected chi connectivity index (χ0v) is 15.1. The van der Waals surface area contributed by atoms with Crippen LogP contribution in [0.2, 0.25) is 5.02 Å². The highest BCUT2D eigenvalue weighted by Crippen LogP contribution is 2.23. The summed E-state index contributed by atoms with van der Waals surface area (Å²) >= 11 is 5.98. The minimum absolute atomic E-state index is 0.131. The molecule has 0 aliphatic heterocycles. The molecule has 0 amide bonds. The van der Waals surface area contributed by atoms with E-state index < -0.39 is 0 Å². The number of methoxy groups -OCH3 is 1. The molecule has 0 aliphatic carbocycles. The molecule has 0 N–H and O–H groups in total. The smallest absolute Gasteiger partial charge is 0.306 e. The Kier molecular flexibility index (Phi) is 5.92. The van der Waals surface area contributed by atoms with E-state index in [1.54, 1.807) is 36.2 Å². The van der Waals surface area contributed by atoms with Crippen molar-refractivity contribution in [3.8, 4) is 11.4 Å². The number of para-hydroxylation sites is 1. The summed E-state index contributed by atoms with van der Waals surface area (Å²) in [5, 5.41) is 4.90. The second-order valence-electron chi connectivity index (χ2n) is 5.75. The molecule has 0 bridgehead atoms. The molecule has 0 spiro atoms. The second-order valence-corrected chi connectivity index (χ2v) is 6.18. The summed E-state index contributed by atoms with van der Waals surface area (Å²) in [5.41, 5.74) is 2.70. The van der Waals surface area contributed by atoms with Gasteiger partial charge < -0.3 is 9.47 Å². The molecule has 3 aromatic rings. The second kappa shape index (κ2) is 8.54. The standard InChI is InChI=1S/C20H19ClN2O3/c1-25-19-9-8-17(21)11-16(19)14-26-20(24)10-7-15-12-22-23(13-15)18-5-3-2-4-6-18/h2-6,8-9,11-13H,7,10,14H2,1H3. The highest BCUT2D eigenvalue weighted by atomic mass is 35.5. The van der Waals surface area contributed by atoms with Crippen molar-refractivity contribution in [3.63, 3.8) is 0 Å². The Hall–Kier alpha value is -2.79. The van der Waals surface area contributed by atoms with Gasteiger partial charge in [0.15, 0.2) is 0 Å². The maximum Gasteiger partial charge on any atom is 0.306 e. The van der Waals surface area contributed by atoms with Gasteiger partial charge in [-0.15, -0.1) is 0 Å². The molecule has 1 aromatic heterocycles. The number of halogens is 1. The maximum absolute atomic E-state index is 12.0. The number of hydrogen-bond donors (Lipinski definition) is 0. The van der Waals surface area contributed by atoms with Crippen LogP contribution in [0.5, 0.6) is 5.75 Å². The molecule has 0 unspecified atom stereocenters. The van der Waals surface area contributed by atoms with Crippen LogP contribution >= 0.6 is 11.6 Å². The Morgan fingerprint density at radius 1 is 1.19 bits per heavy atom. The number of benzene rings is 2. The third-order valence-corrected chi connectivity index (χ3v) is 4.14. The Labute approximate surface area is 157 Å². The number of carbonyl (C=O) groups excluding carboxylic acids is 1. The van der Waals surface area contributed by atoms with Gasteiger partial charge in [0.1, 0.15) is 12.4 Å². The van der Waals surface area contributed by atoms with E-state index in [1.165, 1.54) is 0 Å². The maximum atomic E-state index is 12.0. The summed E-state index contributed by atoms with van der Waals surface area (Å²) in [7, 11) is 1.57. The SMILES string of the molecule is COc1ccc(Cl)cc1COC(=O)CCc1cnn(-c2ccccc2)c1. The first kappa shape index (κ1) is 18.0. The van der Waals surface area contributed by atoms with Crippen LogP contribution < -0.4 is 4.74 Å². The largest absolute Gasteiger partial charge is 0.496 e. The Morgan fingerprint density at radius 3 is 2.77 bits per heavy atom. The summed E-state index contributed by atoms with van der Waals surface area (Å²) in [4.78, 5) is 12.0. The first-order chi connectivity index (χ1) is 12.7. The van der Waals surface area contributed by atoms with Gasteiger partial charge >= 0.3 is 5.97 Å². The van der Waals surface area contributed by atoms with Gasteiger partial charge in [-0.1, -0.05) is 29.8 Å². The average Bonchev–Trinajstić information content (AvgIpc) is 3.14.